The summed E-state index contributed by atoms with van der Waals surface area (Å²) < 4.78 is 62.0. The summed E-state index contributed by atoms with van der Waals surface area (Å²) in [4.78, 5) is 17.5. The van der Waals surface area contributed by atoms with Crippen LogP contribution in [0.25, 0.3) is 16.9 Å². The van der Waals surface area contributed by atoms with Crippen LogP contribution in [0.15, 0.2) is 49.1 Å². The molecule has 5 aromatic rings. The number of nitrogens with one attached hydrogen (secondary N) is 2. The molecule has 0 saturated heterocycles. The molecule has 2 N–H and O–H groups in total. The molecule has 0 atom stereocenters. The smallest absolute Gasteiger partial charge is 0.387 e. The van der Waals surface area contributed by atoms with Gasteiger partial charge < -0.3 is 15.4 Å². The van der Waals surface area contributed by atoms with Crippen LogP contribution in [0, 0.1) is 0 Å². The van der Waals surface area contributed by atoms with Gasteiger partial charge in [-0.1, -0.05) is 6.07 Å². The Morgan fingerprint density at radius 1 is 1.20 bits per heavy atom. The van der Waals surface area contributed by atoms with Crippen molar-refractivity contribution in [2.24, 2.45) is 0 Å². The van der Waals surface area contributed by atoms with Gasteiger partial charge >= 0.3 is 6.61 Å². The van der Waals surface area contributed by atoms with Gasteiger partial charge in [-0.05, 0) is 41.2 Å². The van der Waals surface area contributed by atoms with Crippen molar-refractivity contribution in [2.45, 2.75) is 32.5 Å². The van der Waals surface area contributed by atoms with Crippen LogP contribution in [0.1, 0.15) is 21.7 Å². The predicted octanol–water partition coefficient (Wildman–Crippen LogP) is 2.51. The summed E-state index contributed by atoms with van der Waals surface area (Å²) in [6, 6.07) is 5.35. The van der Waals surface area contributed by atoms with Crippen LogP contribution >= 0.6 is 0 Å². The van der Waals surface area contributed by atoms with Gasteiger partial charge in [0.1, 0.15) is 23.6 Å². The molecular weight excluding hydrogens is 550 g/mol. The zero-order valence-corrected chi connectivity index (χ0v) is 21.5. The molecule has 17 heteroatoms. The summed E-state index contributed by atoms with van der Waals surface area (Å²) in [6.07, 6.45) is 2.59. The van der Waals surface area contributed by atoms with Gasteiger partial charge in [-0.25, -0.2) is 23.0 Å². The second kappa shape index (κ2) is 12.1. The van der Waals surface area contributed by atoms with Gasteiger partial charge in [0.25, 0.3) is 5.91 Å². The number of hydrogen-bond acceptors (Lipinski definition) is 9. The third kappa shape index (κ3) is 6.29. The highest BCUT2D eigenvalue weighted by atomic mass is 19.3. The molecule has 0 fully saturated rings. The van der Waals surface area contributed by atoms with E-state index in [4.69, 9.17) is 0 Å². The minimum atomic E-state index is -3.20. The molecule has 0 aliphatic heterocycles. The first-order valence-electron chi connectivity index (χ1n) is 12.3. The van der Waals surface area contributed by atoms with Crippen LogP contribution in [-0.2, 0) is 19.5 Å². The van der Waals surface area contributed by atoms with Gasteiger partial charge in [-0.15, -0.1) is 5.10 Å². The van der Waals surface area contributed by atoms with Gasteiger partial charge in [-0.2, -0.15) is 19.0 Å². The molecule has 4 heterocycles. The number of rotatable bonds is 12. The van der Waals surface area contributed by atoms with Crippen molar-refractivity contribution in [3.63, 3.8) is 0 Å². The van der Waals surface area contributed by atoms with Crippen LogP contribution in [0.5, 0.6) is 5.75 Å². The number of carbonyl (C=O) groups excluding carboxylic acids is 1. The molecule has 1 amide bonds. The lowest BCUT2D eigenvalue weighted by molar-refractivity contribution is -0.0494. The predicted molar refractivity (Wildman–Crippen MR) is 136 cm³/mol. The van der Waals surface area contributed by atoms with E-state index in [0.29, 0.717) is 18.9 Å². The Morgan fingerprint density at radius 2 is 2.05 bits per heavy atom. The third-order valence-electron chi connectivity index (χ3n) is 5.92. The number of anilines is 1. The maximum Gasteiger partial charge on any atom is 0.387 e. The van der Waals surface area contributed by atoms with E-state index in [1.54, 1.807) is 24.0 Å². The minimum Gasteiger partial charge on any atom is -0.434 e. The van der Waals surface area contributed by atoms with Crippen LogP contribution in [0.3, 0.4) is 0 Å². The fourth-order valence-electron chi connectivity index (χ4n) is 4.11. The quantitative estimate of drug-likeness (QED) is 0.215. The van der Waals surface area contributed by atoms with Crippen molar-refractivity contribution in [1.82, 2.24) is 49.9 Å². The highest BCUT2D eigenvalue weighted by Crippen LogP contribution is 2.36. The topological polar surface area (TPSA) is 142 Å². The summed E-state index contributed by atoms with van der Waals surface area (Å²) in [6.45, 7) is -2.11. The number of halogens is 4. The SMILES string of the molecule is CNCCn1nnnc1Cn1cc(NC(=O)c2cnn3cccnc23)c(-c2cc(CC(F)F)ccc2OC(F)F)n1. The van der Waals surface area contributed by atoms with Gasteiger partial charge in [0.15, 0.2) is 11.5 Å². The Hall–Kier alpha value is -4.93. The lowest BCUT2D eigenvalue weighted by atomic mass is 10.0. The molecule has 0 aliphatic rings. The van der Waals surface area contributed by atoms with Crippen molar-refractivity contribution in [3.05, 3.63) is 66.0 Å². The van der Waals surface area contributed by atoms with Gasteiger partial charge in [-0.3, -0.25) is 9.48 Å². The zero-order valence-electron chi connectivity index (χ0n) is 21.5. The second-order valence-corrected chi connectivity index (χ2v) is 8.72. The Morgan fingerprint density at radius 3 is 2.83 bits per heavy atom. The molecule has 41 heavy (non-hydrogen) atoms. The number of hydrogen-bond donors (Lipinski definition) is 2. The average molecular weight is 574 g/mol. The van der Waals surface area contributed by atoms with Crippen LogP contribution in [0.4, 0.5) is 23.2 Å². The molecule has 5 rings (SSSR count). The summed E-state index contributed by atoms with van der Waals surface area (Å²) in [7, 11) is 1.78. The molecule has 0 saturated carbocycles. The number of nitrogens with zero attached hydrogens (tertiary/aromatic N) is 9. The van der Waals surface area contributed by atoms with E-state index < -0.39 is 25.4 Å². The number of likely N-dealkylation sites (N-methyl/N-ethyl adjacent to an activating group) is 1. The van der Waals surface area contributed by atoms with Crippen molar-refractivity contribution < 1.29 is 27.1 Å². The summed E-state index contributed by atoms with van der Waals surface area (Å²) >= 11 is 0. The number of ether oxygens (including phenoxy) is 1. The molecule has 13 nitrogen and oxygen atoms in total. The van der Waals surface area contributed by atoms with Crippen molar-refractivity contribution >= 4 is 17.2 Å². The maximum atomic E-state index is 13.3. The molecule has 0 spiro atoms. The lowest BCUT2D eigenvalue weighted by Gasteiger charge is -2.13. The van der Waals surface area contributed by atoms with Crippen LogP contribution < -0.4 is 15.4 Å². The molecule has 0 radical (unpaired) electrons. The van der Waals surface area contributed by atoms with Crippen molar-refractivity contribution in [1.29, 1.82) is 0 Å². The summed E-state index contributed by atoms with van der Waals surface area (Å²) in [5.74, 6) is -0.497. The molecule has 0 unspecified atom stereocenters. The van der Waals surface area contributed by atoms with Gasteiger partial charge in [0, 0.05) is 37.1 Å². The first-order chi connectivity index (χ1) is 19.8. The van der Waals surface area contributed by atoms with Gasteiger partial charge in [0.05, 0.1) is 18.4 Å². The summed E-state index contributed by atoms with van der Waals surface area (Å²) in [5, 5.41) is 26.0. The molecule has 214 valence electrons. The molecule has 1 aromatic carbocycles. The number of fused-ring (bicyclic) bond motifs is 1. The van der Waals surface area contributed by atoms with E-state index >= 15 is 0 Å². The minimum absolute atomic E-state index is 0.00352. The first kappa shape index (κ1) is 27.6. The number of carbonyl (C=O) groups is 1. The number of tetrazole rings is 1. The van der Waals surface area contributed by atoms with E-state index in [-0.39, 0.29) is 46.0 Å². The lowest BCUT2D eigenvalue weighted by Crippen LogP contribution is -2.19. The molecular formula is C24H23F4N11O2. The maximum absolute atomic E-state index is 13.3. The number of aromatic nitrogens is 9. The van der Waals surface area contributed by atoms with Crippen molar-refractivity contribution in [3.8, 4) is 17.0 Å². The summed E-state index contributed by atoms with van der Waals surface area (Å²) in [5.41, 5.74) is 0.646. The van der Waals surface area contributed by atoms with E-state index in [2.05, 4.69) is 46.1 Å². The van der Waals surface area contributed by atoms with Crippen molar-refractivity contribution in [2.75, 3.05) is 18.9 Å². The van der Waals surface area contributed by atoms with Gasteiger partial charge in [0.2, 0.25) is 6.43 Å². The molecule has 0 bridgehead atoms. The van der Waals surface area contributed by atoms with Crippen LogP contribution in [0.2, 0.25) is 0 Å². The Labute approximate surface area is 229 Å². The highest BCUT2D eigenvalue weighted by Gasteiger charge is 2.23. The number of benzene rings is 1. The monoisotopic (exact) mass is 573 g/mol. The van der Waals surface area contributed by atoms with E-state index in [9.17, 15) is 22.4 Å². The Kier molecular flexibility index (Phi) is 8.14. The normalized spacial score (nSPS) is 11.6. The number of amides is 1. The Balaban J connectivity index is 1.57. The zero-order chi connectivity index (χ0) is 28.9. The number of alkyl halides is 4. The third-order valence-corrected chi connectivity index (χ3v) is 5.92. The van der Waals surface area contributed by atoms with E-state index in [1.807, 2.05) is 0 Å². The highest BCUT2D eigenvalue weighted by molar-refractivity contribution is 6.09. The van der Waals surface area contributed by atoms with E-state index in [1.165, 1.54) is 39.9 Å². The fraction of sp³-hybridized carbons (Fsp3) is 0.292. The largest absolute Gasteiger partial charge is 0.434 e. The first-order valence-corrected chi connectivity index (χ1v) is 12.3. The fourth-order valence-corrected chi connectivity index (χ4v) is 4.11. The molecule has 4 aromatic heterocycles. The standard InChI is InChI=1S/C24H23F4N11O2/c1-29-6-8-38-20(33-35-36-38)13-37-12-17(32-23(40)16-11-31-39-7-2-5-30-22(16)39)21(34-37)15-9-14(10-19(25)26)3-4-18(15)41-24(27)28/h2-5,7,9,11-12,19,24,29H,6,8,10,13H2,1H3,(H,32,40). The van der Waals surface area contributed by atoms with Crippen LogP contribution in [-0.4, -0.2) is 77.1 Å². The molecule has 0 aliphatic carbocycles. The average Bonchev–Trinajstić information content (AvgIpc) is 3.66. The van der Waals surface area contributed by atoms with E-state index in [0.717, 1.165) is 6.07 Å². The second-order valence-electron chi connectivity index (χ2n) is 8.72. The Bertz CT molecular complexity index is 1650.